The van der Waals surface area contributed by atoms with E-state index in [0.717, 1.165) is 32.2 Å². The Kier molecular flexibility index (Phi) is 5.00. The van der Waals surface area contributed by atoms with Crippen molar-refractivity contribution in [3.63, 3.8) is 0 Å². The Morgan fingerprint density at radius 2 is 2.21 bits per heavy atom. The van der Waals surface area contributed by atoms with Gasteiger partial charge in [-0.25, -0.2) is 0 Å². The Labute approximate surface area is 114 Å². The first-order chi connectivity index (χ1) is 9.20. The molecule has 4 heteroatoms. The van der Waals surface area contributed by atoms with Crippen LogP contribution in [0.15, 0.2) is 12.2 Å². The third-order valence-corrected chi connectivity index (χ3v) is 3.94. The van der Waals surface area contributed by atoms with Gasteiger partial charge in [0.15, 0.2) is 0 Å². The highest BCUT2D eigenvalue weighted by molar-refractivity contribution is 5.79. The summed E-state index contributed by atoms with van der Waals surface area (Å²) in [5.74, 6) is 0.304. The van der Waals surface area contributed by atoms with Crippen LogP contribution < -0.4 is 0 Å². The number of allylic oxidation sites excluding steroid dienone is 2. The van der Waals surface area contributed by atoms with Crippen molar-refractivity contribution in [3.8, 4) is 0 Å². The minimum atomic E-state index is -0.152. The molecule has 0 bridgehead atoms. The van der Waals surface area contributed by atoms with Gasteiger partial charge < -0.3 is 9.64 Å². The molecule has 1 amide bonds. The number of nitrogens with zero attached hydrogens (tertiary/aromatic N) is 1. The molecule has 0 spiro atoms. The minimum Gasteiger partial charge on any atom is -0.466 e. The molecular weight excluding hydrogens is 242 g/mol. The predicted molar refractivity (Wildman–Crippen MR) is 72.4 cm³/mol. The lowest BCUT2D eigenvalue weighted by Crippen LogP contribution is -2.43. The second-order valence-corrected chi connectivity index (χ2v) is 5.40. The molecule has 2 atom stereocenters. The summed E-state index contributed by atoms with van der Waals surface area (Å²) in [6.45, 7) is 3.55. The molecule has 0 aromatic heterocycles. The van der Waals surface area contributed by atoms with E-state index < -0.39 is 0 Å². The van der Waals surface area contributed by atoms with Gasteiger partial charge >= 0.3 is 5.97 Å². The fourth-order valence-corrected chi connectivity index (χ4v) is 2.87. The van der Waals surface area contributed by atoms with Gasteiger partial charge in [0, 0.05) is 19.5 Å². The molecule has 1 saturated heterocycles. The number of likely N-dealkylation sites (tertiary alicyclic amines) is 1. The summed E-state index contributed by atoms with van der Waals surface area (Å²) in [6.07, 6.45) is 8.79. The van der Waals surface area contributed by atoms with Crippen LogP contribution in [0.3, 0.4) is 0 Å². The standard InChI is InChI=1S/C15H23NO3/c1-2-19-15(18)13-8-5-9-16(11-13)14(17)10-12-6-3-4-7-12/h3,6,12-13H,2,4-5,7-11H2,1H3/t12?,13-/m1/s1. The van der Waals surface area contributed by atoms with Crippen LogP contribution in [0, 0.1) is 11.8 Å². The third kappa shape index (κ3) is 3.82. The number of carbonyl (C=O) groups excluding carboxylic acids is 2. The van der Waals surface area contributed by atoms with E-state index in [-0.39, 0.29) is 17.8 Å². The van der Waals surface area contributed by atoms with Gasteiger partial charge in [0.2, 0.25) is 5.91 Å². The summed E-state index contributed by atoms with van der Waals surface area (Å²) in [5.41, 5.74) is 0. The number of amides is 1. The molecule has 0 saturated carbocycles. The number of hydrogen-bond donors (Lipinski definition) is 0. The lowest BCUT2D eigenvalue weighted by molar-refractivity contribution is -0.151. The summed E-state index contributed by atoms with van der Waals surface area (Å²) >= 11 is 0. The maximum Gasteiger partial charge on any atom is 0.310 e. The van der Waals surface area contributed by atoms with Gasteiger partial charge in [-0.15, -0.1) is 0 Å². The lowest BCUT2D eigenvalue weighted by atomic mass is 9.96. The zero-order chi connectivity index (χ0) is 13.7. The van der Waals surface area contributed by atoms with Gasteiger partial charge in [-0.1, -0.05) is 12.2 Å². The first-order valence-electron chi connectivity index (χ1n) is 7.31. The fraction of sp³-hybridized carbons (Fsp3) is 0.733. The third-order valence-electron chi connectivity index (χ3n) is 3.94. The summed E-state index contributed by atoms with van der Waals surface area (Å²) in [7, 11) is 0. The maximum atomic E-state index is 12.2. The number of hydrogen-bond acceptors (Lipinski definition) is 3. The molecule has 19 heavy (non-hydrogen) atoms. The van der Waals surface area contributed by atoms with E-state index in [1.54, 1.807) is 0 Å². The van der Waals surface area contributed by atoms with Crippen LogP contribution in [0.25, 0.3) is 0 Å². The minimum absolute atomic E-state index is 0.128. The van der Waals surface area contributed by atoms with Crippen molar-refractivity contribution >= 4 is 11.9 Å². The largest absolute Gasteiger partial charge is 0.466 e. The first kappa shape index (κ1) is 14.1. The van der Waals surface area contributed by atoms with Crippen LogP contribution in [0.4, 0.5) is 0 Å². The molecule has 106 valence electrons. The zero-order valence-corrected chi connectivity index (χ0v) is 11.6. The molecule has 1 heterocycles. The van der Waals surface area contributed by atoms with E-state index in [9.17, 15) is 9.59 Å². The van der Waals surface area contributed by atoms with E-state index in [2.05, 4.69) is 12.2 Å². The Morgan fingerprint density at radius 3 is 2.89 bits per heavy atom. The number of piperidine rings is 1. The lowest BCUT2D eigenvalue weighted by Gasteiger charge is -2.32. The molecule has 2 aliphatic rings. The van der Waals surface area contributed by atoms with E-state index in [1.165, 1.54) is 0 Å². The first-order valence-corrected chi connectivity index (χ1v) is 7.31. The van der Waals surface area contributed by atoms with Crippen LogP contribution in [-0.2, 0) is 14.3 Å². The van der Waals surface area contributed by atoms with Gasteiger partial charge in [-0.2, -0.15) is 0 Å². The summed E-state index contributed by atoms with van der Waals surface area (Å²) in [5, 5.41) is 0. The van der Waals surface area contributed by atoms with E-state index in [1.807, 2.05) is 11.8 Å². The molecular formula is C15H23NO3. The Bertz CT molecular complexity index is 364. The molecule has 0 aromatic carbocycles. The van der Waals surface area contributed by atoms with Crippen molar-refractivity contribution in [2.24, 2.45) is 11.8 Å². The van der Waals surface area contributed by atoms with E-state index in [0.29, 0.717) is 25.5 Å². The second-order valence-electron chi connectivity index (χ2n) is 5.40. The molecule has 1 aliphatic heterocycles. The number of ether oxygens (including phenoxy) is 1. The SMILES string of the molecule is CCOC(=O)[C@@H]1CCCN(C(=O)CC2C=CCC2)C1. The number of esters is 1. The quantitative estimate of drug-likeness (QED) is 0.578. The average Bonchev–Trinajstić information content (AvgIpc) is 2.92. The Balaban J connectivity index is 1.84. The molecule has 0 radical (unpaired) electrons. The van der Waals surface area contributed by atoms with Gasteiger partial charge in [0.25, 0.3) is 0 Å². The van der Waals surface area contributed by atoms with E-state index >= 15 is 0 Å². The predicted octanol–water partition coefficient (Wildman–Crippen LogP) is 2.14. The maximum absolute atomic E-state index is 12.2. The number of rotatable bonds is 4. The molecule has 0 aromatic rings. The van der Waals surface area contributed by atoms with Crippen molar-refractivity contribution in [1.29, 1.82) is 0 Å². The van der Waals surface area contributed by atoms with Gasteiger partial charge in [0.1, 0.15) is 0 Å². The van der Waals surface area contributed by atoms with Crippen LogP contribution in [0.5, 0.6) is 0 Å². The molecule has 1 unspecified atom stereocenters. The van der Waals surface area contributed by atoms with Crippen LogP contribution >= 0.6 is 0 Å². The molecule has 2 rings (SSSR count). The van der Waals surface area contributed by atoms with Crippen molar-refractivity contribution < 1.29 is 14.3 Å². The zero-order valence-electron chi connectivity index (χ0n) is 11.6. The Hall–Kier alpha value is -1.32. The normalized spacial score (nSPS) is 26.5. The summed E-state index contributed by atoms with van der Waals surface area (Å²) in [4.78, 5) is 25.8. The van der Waals surface area contributed by atoms with Crippen LogP contribution in [0.2, 0.25) is 0 Å². The highest BCUT2D eigenvalue weighted by atomic mass is 16.5. The smallest absolute Gasteiger partial charge is 0.310 e. The molecule has 1 aliphatic carbocycles. The average molecular weight is 265 g/mol. The fourth-order valence-electron chi connectivity index (χ4n) is 2.87. The molecule has 1 fully saturated rings. The van der Waals surface area contributed by atoms with E-state index in [4.69, 9.17) is 4.74 Å². The second kappa shape index (κ2) is 6.73. The van der Waals surface area contributed by atoms with Crippen molar-refractivity contribution in [3.05, 3.63) is 12.2 Å². The number of carbonyl (C=O) groups is 2. The molecule has 4 nitrogen and oxygen atoms in total. The van der Waals surface area contributed by atoms with Crippen LogP contribution in [0.1, 0.15) is 39.0 Å². The Morgan fingerprint density at radius 1 is 1.37 bits per heavy atom. The summed E-state index contributed by atoms with van der Waals surface area (Å²) < 4.78 is 5.05. The molecule has 0 N–H and O–H groups in total. The van der Waals surface area contributed by atoms with Gasteiger partial charge in [-0.3, -0.25) is 9.59 Å². The van der Waals surface area contributed by atoms with Gasteiger partial charge in [0.05, 0.1) is 12.5 Å². The monoisotopic (exact) mass is 265 g/mol. The highest BCUT2D eigenvalue weighted by Gasteiger charge is 2.30. The van der Waals surface area contributed by atoms with Crippen molar-refractivity contribution in [2.75, 3.05) is 19.7 Å². The van der Waals surface area contributed by atoms with Crippen molar-refractivity contribution in [1.82, 2.24) is 4.90 Å². The van der Waals surface area contributed by atoms with Crippen molar-refractivity contribution in [2.45, 2.75) is 39.0 Å². The highest BCUT2D eigenvalue weighted by Crippen LogP contribution is 2.24. The van der Waals surface area contributed by atoms with Crippen LogP contribution in [-0.4, -0.2) is 36.5 Å². The summed E-state index contributed by atoms with van der Waals surface area (Å²) in [6, 6.07) is 0. The topological polar surface area (TPSA) is 46.6 Å². The van der Waals surface area contributed by atoms with Gasteiger partial charge in [-0.05, 0) is 38.5 Å².